The highest BCUT2D eigenvalue weighted by Crippen LogP contribution is 2.36. The van der Waals surface area contributed by atoms with E-state index in [0.717, 1.165) is 16.8 Å². The lowest BCUT2D eigenvalue weighted by molar-refractivity contribution is 0.0482. The van der Waals surface area contributed by atoms with Crippen LogP contribution in [0.25, 0.3) is 22.4 Å². The number of hydrogen-bond donors (Lipinski definition) is 1. The number of pyridine rings is 1. The molecule has 0 atom stereocenters. The summed E-state index contributed by atoms with van der Waals surface area (Å²) in [6.07, 6.45) is 1.43. The molecule has 1 N–H and O–H groups in total. The third kappa shape index (κ3) is 5.18. The molecule has 1 aliphatic rings. The first-order valence-electron chi connectivity index (χ1n) is 12.7. The molecule has 0 saturated carbocycles. The largest absolute Gasteiger partial charge is 0.477 e. The van der Waals surface area contributed by atoms with E-state index in [2.05, 4.69) is 30.7 Å². The van der Waals surface area contributed by atoms with Crippen molar-refractivity contribution in [3.63, 3.8) is 0 Å². The Bertz CT molecular complexity index is 1570. The Morgan fingerprint density at radius 1 is 1.05 bits per heavy atom. The molecule has 5 rings (SSSR count). The summed E-state index contributed by atoms with van der Waals surface area (Å²) in [5.41, 5.74) is 2.94. The normalized spacial score (nSPS) is 15.5. The lowest BCUT2D eigenvalue weighted by Gasteiger charge is -2.46. The number of aromatic nitrogens is 3. The van der Waals surface area contributed by atoms with Crippen molar-refractivity contribution < 1.29 is 19.1 Å². The van der Waals surface area contributed by atoms with Gasteiger partial charge in [0.05, 0.1) is 11.2 Å². The number of carbonyl (C=O) groups excluding carboxylic acids is 1. The SMILES string of the molecule is CC(C)(C)c1cc(-c2ccc(Cl)cc2)nc2cc(C(=O)N3CCN(c4nccc(C(=O)O)n4)CC3(C)C)oc12. The number of amides is 1. The fourth-order valence-corrected chi connectivity index (χ4v) is 5.03. The Hall–Kier alpha value is -3.98. The lowest BCUT2D eigenvalue weighted by atomic mass is 9.86. The minimum atomic E-state index is -1.11. The van der Waals surface area contributed by atoms with Crippen LogP contribution < -0.4 is 4.90 Å². The first-order chi connectivity index (χ1) is 18.3. The molecule has 0 aliphatic carbocycles. The standard InChI is InChI=1S/C29H30ClN5O4/c1-28(2,3)19-14-21(17-6-8-18(30)9-7-17)32-22-15-23(39-24(19)22)25(36)35-13-12-34(16-29(35,4)5)27-31-11-10-20(33-27)26(37)38/h6-11,14-15H,12-13,16H2,1-5H3,(H,37,38). The highest BCUT2D eigenvalue weighted by atomic mass is 35.5. The number of anilines is 1. The van der Waals surface area contributed by atoms with Crippen molar-refractivity contribution in [2.75, 3.05) is 24.5 Å². The molecule has 0 bridgehead atoms. The fraction of sp³-hybridized carbons (Fsp3) is 0.345. The molecule has 4 heterocycles. The highest BCUT2D eigenvalue weighted by molar-refractivity contribution is 6.30. The van der Waals surface area contributed by atoms with Gasteiger partial charge in [-0.3, -0.25) is 4.79 Å². The highest BCUT2D eigenvalue weighted by Gasteiger charge is 2.39. The monoisotopic (exact) mass is 547 g/mol. The van der Waals surface area contributed by atoms with Gasteiger partial charge in [-0.15, -0.1) is 0 Å². The number of hydrogen-bond acceptors (Lipinski definition) is 7. The van der Waals surface area contributed by atoms with Crippen LogP contribution in [0.4, 0.5) is 5.95 Å². The van der Waals surface area contributed by atoms with Crippen molar-refractivity contribution in [2.24, 2.45) is 0 Å². The predicted octanol–water partition coefficient (Wildman–Crippen LogP) is 5.67. The van der Waals surface area contributed by atoms with Crippen molar-refractivity contribution in [2.45, 2.75) is 45.6 Å². The van der Waals surface area contributed by atoms with Crippen molar-refractivity contribution in [3.8, 4) is 11.3 Å². The van der Waals surface area contributed by atoms with Gasteiger partial charge in [0.1, 0.15) is 5.52 Å². The second-order valence-electron chi connectivity index (χ2n) is 11.4. The number of carbonyl (C=O) groups is 2. The van der Waals surface area contributed by atoms with E-state index in [4.69, 9.17) is 21.0 Å². The number of benzene rings is 1. The molecule has 1 fully saturated rings. The van der Waals surface area contributed by atoms with E-state index in [0.29, 0.717) is 41.7 Å². The third-order valence-electron chi connectivity index (χ3n) is 6.93. The Balaban J connectivity index is 1.47. The van der Waals surface area contributed by atoms with Gasteiger partial charge in [0.25, 0.3) is 5.91 Å². The summed E-state index contributed by atoms with van der Waals surface area (Å²) < 4.78 is 6.22. The van der Waals surface area contributed by atoms with Crippen LogP contribution >= 0.6 is 11.6 Å². The van der Waals surface area contributed by atoms with Crippen LogP contribution in [0.2, 0.25) is 5.02 Å². The van der Waals surface area contributed by atoms with Gasteiger partial charge in [-0.05, 0) is 43.5 Å². The number of furan rings is 1. The molecule has 0 radical (unpaired) electrons. The molecule has 0 spiro atoms. The average molecular weight is 548 g/mol. The zero-order valence-corrected chi connectivity index (χ0v) is 23.3. The summed E-state index contributed by atoms with van der Waals surface area (Å²) in [6.45, 7) is 11.5. The summed E-state index contributed by atoms with van der Waals surface area (Å²) >= 11 is 6.09. The summed E-state index contributed by atoms with van der Waals surface area (Å²) in [5, 5.41) is 9.94. The van der Waals surface area contributed by atoms with E-state index in [9.17, 15) is 14.7 Å². The number of aromatic carboxylic acids is 1. The molecule has 202 valence electrons. The van der Waals surface area contributed by atoms with Gasteiger partial charge >= 0.3 is 5.97 Å². The first-order valence-corrected chi connectivity index (χ1v) is 13.1. The Morgan fingerprint density at radius 2 is 1.77 bits per heavy atom. The molecule has 39 heavy (non-hydrogen) atoms. The van der Waals surface area contributed by atoms with Gasteiger partial charge in [0.2, 0.25) is 5.95 Å². The quantitative estimate of drug-likeness (QED) is 0.347. The molecule has 1 aromatic carbocycles. The molecule has 1 saturated heterocycles. The Labute approximate surface area is 231 Å². The topological polar surface area (TPSA) is 113 Å². The Morgan fingerprint density at radius 3 is 2.41 bits per heavy atom. The zero-order chi connectivity index (χ0) is 28.1. The molecule has 1 aliphatic heterocycles. The molecular formula is C29H30ClN5O4. The maximum Gasteiger partial charge on any atom is 0.354 e. The number of piperazine rings is 1. The third-order valence-corrected chi connectivity index (χ3v) is 7.18. The van der Waals surface area contributed by atoms with E-state index >= 15 is 0 Å². The number of nitrogens with zero attached hydrogens (tertiary/aromatic N) is 5. The molecule has 0 unspecified atom stereocenters. The van der Waals surface area contributed by atoms with E-state index in [1.165, 1.54) is 12.3 Å². The van der Waals surface area contributed by atoms with Crippen molar-refractivity contribution in [1.29, 1.82) is 0 Å². The van der Waals surface area contributed by atoms with E-state index in [1.807, 2.05) is 49.1 Å². The van der Waals surface area contributed by atoms with Crippen LogP contribution in [0.15, 0.2) is 53.1 Å². The predicted molar refractivity (Wildman–Crippen MR) is 149 cm³/mol. The molecule has 9 nitrogen and oxygen atoms in total. The summed E-state index contributed by atoms with van der Waals surface area (Å²) in [7, 11) is 0. The van der Waals surface area contributed by atoms with Crippen molar-refractivity contribution >= 4 is 40.5 Å². The van der Waals surface area contributed by atoms with Crippen LogP contribution in [0, 0.1) is 0 Å². The van der Waals surface area contributed by atoms with E-state index in [1.54, 1.807) is 11.0 Å². The fourth-order valence-electron chi connectivity index (χ4n) is 4.91. The van der Waals surface area contributed by atoms with Crippen molar-refractivity contribution in [1.82, 2.24) is 19.9 Å². The Kier molecular flexibility index (Phi) is 6.58. The zero-order valence-electron chi connectivity index (χ0n) is 22.5. The maximum atomic E-state index is 13.8. The minimum Gasteiger partial charge on any atom is -0.477 e. The molecule has 1 amide bonds. The van der Waals surface area contributed by atoms with Gasteiger partial charge < -0.3 is 19.3 Å². The second-order valence-corrected chi connectivity index (χ2v) is 11.8. The number of carboxylic acids is 1. The van der Waals surface area contributed by atoms with E-state index < -0.39 is 11.5 Å². The van der Waals surface area contributed by atoms with Crippen LogP contribution in [0.3, 0.4) is 0 Å². The molecular weight excluding hydrogens is 518 g/mol. The number of fused-ring (bicyclic) bond motifs is 1. The molecule has 3 aromatic heterocycles. The van der Waals surface area contributed by atoms with Gasteiger partial charge in [0, 0.05) is 48.0 Å². The summed E-state index contributed by atoms with van der Waals surface area (Å²) in [5.74, 6) is -0.792. The van der Waals surface area contributed by atoms with Crippen molar-refractivity contribution in [3.05, 3.63) is 70.7 Å². The van der Waals surface area contributed by atoms with Gasteiger partial charge in [-0.1, -0.05) is 44.5 Å². The maximum absolute atomic E-state index is 13.8. The number of carboxylic acid groups (broad SMARTS) is 1. The first kappa shape index (κ1) is 26.6. The number of rotatable bonds is 4. The summed E-state index contributed by atoms with van der Waals surface area (Å²) in [4.78, 5) is 42.1. The van der Waals surface area contributed by atoms with E-state index in [-0.39, 0.29) is 22.8 Å². The van der Waals surface area contributed by atoms with Gasteiger partial charge in [-0.25, -0.2) is 19.7 Å². The minimum absolute atomic E-state index is 0.0706. The van der Waals surface area contributed by atoms with Crippen LogP contribution in [-0.4, -0.2) is 62.0 Å². The lowest BCUT2D eigenvalue weighted by Crippen LogP contribution is -2.61. The van der Waals surface area contributed by atoms with Gasteiger partial charge in [-0.2, -0.15) is 0 Å². The average Bonchev–Trinajstić information content (AvgIpc) is 3.31. The number of halogens is 1. The summed E-state index contributed by atoms with van der Waals surface area (Å²) in [6, 6.07) is 12.6. The second kappa shape index (κ2) is 9.64. The molecule has 4 aromatic rings. The smallest absolute Gasteiger partial charge is 0.354 e. The van der Waals surface area contributed by atoms with Crippen LogP contribution in [-0.2, 0) is 5.41 Å². The van der Waals surface area contributed by atoms with Gasteiger partial charge in [0.15, 0.2) is 17.0 Å². The molecule has 10 heteroatoms. The van der Waals surface area contributed by atoms with Crippen LogP contribution in [0.5, 0.6) is 0 Å². The van der Waals surface area contributed by atoms with Crippen LogP contribution in [0.1, 0.15) is 61.2 Å².